The minimum atomic E-state index is -0.300. The molecule has 4 saturated carbocycles. The number of carbonyl (C=O) groups is 1. The number of nitrogens with one attached hydrogen (secondary N) is 3. The van der Waals surface area contributed by atoms with Crippen LogP contribution in [0.3, 0.4) is 0 Å². The van der Waals surface area contributed by atoms with Gasteiger partial charge in [0.2, 0.25) is 0 Å². The predicted molar refractivity (Wildman–Crippen MR) is 103 cm³/mol. The van der Waals surface area contributed by atoms with Gasteiger partial charge in [-0.1, -0.05) is 0 Å². The van der Waals surface area contributed by atoms with E-state index >= 15 is 0 Å². The van der Waals surface area contributed by atoms with Crippen molar-refractivity contribution in [3.63, 3.8) is 0 Å². The molecule has 4 aliphatic carbocycles. The zero-order valence-corrected chi connectivity index (χ0v) is 15.9. The Balaban J connectivity index is 1.31. The van der Waals surface area contributed by atoms with Crippen molar-refractivity contribution in [1.82, 2.24) is 20.6 Å². The molecule has 146 valence electrons. The highest BCUT2D eigenvalue weighted by Gasteiger charge is 2.52. The first-order valence-corrected chi connectivity index (χ1v) is 10.7. The van der Waals surface area contributed by atoms with Crippen LogP contribution < -0.4 is 16.2 Å². The van der Waals surface area contributed by atoms with Crippen LogP contribution in [0, 0.1) is 23.7 Å². The van der Waals surface area contributed by atoms with E-state index in [0.717, 1.165) is 68.8 Å². The Morgan fingerprint density at radius 1 is 1.19 bits per heavy atom. The van der Waals surface area contributed by atoms with E-state index in [-0.39, 0.29) is 22.4 Å². The Morgan fingerprint density at radius 2 is 1.89 bits per heavy atom. The quantitative estimate of drug-likeness (QED) is 0.756. The summed E-state index contributed by atoms with van der Waals surface area (Å²) in [5.74, 6) is 3.38. The Labute approximate surface area is 159 Å². The largest absolute Gasteiger partial charge is 0.351 e. The van der Waals surface area contributed by atoms with Crippen molar-refractivity contribution in [1.29, 1.82) is 0 Å². The van der Waals surface area contributed by atoms with Gasteiger partial charge in [-0.2, -0.15) is 0 Å². The van der Waals surface area contributed by atoms with Gasteiger partial charge >= 0.3 is 0 Å². The fourth-order valence-electron chi connectivity index (χ4n) is 6.66. The lowest BCUT2D eigenvalue weighted by Gasteiger charge is -2.56. The van der Waals surface area contributed by atoms with E-state index in [9.17, 15) is 9.59 Å². The molecule has 1 amide bonds. The first-order chi connectivity index (χ1) is 13.1. The van der Waals surface area contributed by atoms with Crippen LogP contribution in [0.5, 0.6) is 0 Å². The molecule has 5 aliphatic rings. The highest BCUT2D eigenvalue weighted by Crippen LogP contribution is 2.59. The molecule has 6 nitrogen and oxygen atoms in total. The maximum atomic E-state index is 12.7. The summed E-state index contributed by atoms with van der Waals surface area (Å²) in [6, 6.07) is 0. The van der Waals surface area contributed by atoms with E-state index in [4.69, 9.17) is 0 Å². The molecule has 3 N–H and O–H groups in total. The lowest BCUT2D eigenvalue weighted by Crippen LogP contribution is -2.50. The molecule has 2 heterocycles. The van der Waals surface area contributed by atoms with Gasteiger partial charge in [0.25, 0.3) is 11.5 Å². The molecule has 27 heavy (non-hydrogen) atoms. The van der Waals surface area contributed by atoms with Gasteiger partial charge < -0.3 is 15.6 Å². The molecule has 6 heteroatoms. The van der Waals surface area contributed by atoms with Crippen molar-refractivity contribution in [2.24, 2.45) is 23.7 Å². The van der Waals surface area contributed by atoms with Crippen LogP contribution in [0.4, 0.5) is 0 Å². The fourth-order valence-corrected chi connectivity index (χ4v) is 6.66. The third-order valence-electron chi connectivity index (χ3n) is 7.53. The van der Waals surface area contributed by atoms with Crippen LogP contribution in [0.15, 0.2) is 11.0 Å². The van der Waals surface area contributed by atoms with Crippen LogP contribution in [-0.4, -0.2) is 35.5 Å². The number of hydrogen-bond acceptors (Lipinski definition) is 4. The first-order valence-electron chi connectivity index (χ1n) is 10.7. The summed E-state index contributed by atoms with van der Waals surface area (Å²) in [5.41, 5.74) is -0.0845. The van der Waals surface area contributed by atoms with Crippen molar-refractivity contribution in [3.8, 4) is 0 Å². The Bertz CT molecular complexity index is 745. The van der Waals surface area contributed by atoms with Gasteiger partial charge in [-0.3, -0.25) is 9.59 Å². The maximum absolute atomic E-state index is 12.7. The molecule has 1 aliphatic heterocycles. The van der Waals surface area contributed by atoms with E-state index in [0.29, 0.717) is 12.5 Å². The fraction of sp³-hybridized carbons (Fsp3) is 0.762. The summed E-state index contributed by atoms with van der Waals surface area (Å²) in [6.07, 6.45) is 11.3. The van der Waals surface area contributed by atoms with Crippen LogP contribution in [-0.2, 0) is 5.41 Å². The van der Waals surface area contributed by atoms with Crippen LogP contribution >= 0.6 is 0 Å². The van der Waals surface area contributed by atoms with E-state index in [2.05, 4.69) is 20.6 Å². The number of rotatable bonds is 4. The van der Waals surface area contributed by atoms with Gasteiger partial charge in [-0.25, -0.2) is 4.98 Å². The van der Waals surface area contributed by atoms with Gasteiger partial charge in [-0.15, -0.1) is 0 Å². The number of aromatic nitrogens is 2. The molecule has 1 aromatic rings. The number of aromatic amines is 1. The van der Waals surface area contributed by atoms with E-state index in [1.54, 1.807) is 0 Å². The minimum Gasteiger partial charge on any atom is -0.351 e. The molecule has 5 fully saturated rings. The van der Waals surface area contributed by atoms with Crippen LogP contribution in [0.1, 0.15) is 67.5 Å². The monoisotopic (exact) mass is 370 g/mol. The number of hydrogen-bond donors (Lipinski definition) is 3. The highest BCUT2D eigenvalue weighted by atomic mass is 16.2. The van der Waals surface area contributed by atoms with Crippen molar-refractivity contribution in [3.05, 3.63) is 27.9 Å². The SMILES string of the molecule is O=C(NC[C@@H]1CCCNC1)c1cnc(C23CC4CC(CC(C4)C2)C3)[nH]c1=O. The van der Waals surface area contributed by atoms with Crippen molar-refractivity contribution >= 4 is 5.91 Å². The van der Waals surface area contributed by atoms with Crippen molar-refractivity contribution in [2.45, 2.75) is 56.8 Å². The molecule has 0 radical (unpaired) electrons. The molecule has 0 unspecified atom stereocenters. The number of piperidine rings is 1. The molecule has 1 saturated heterocycles. The highest BCUT2D eigenvalue weighted by molar-refractivity contribution is 5.93. The Kier molecular flexibility index (Phi) is 4.34. The van der Waals surface area contributed by atoms with Crippen molar-refractivity contribution in [2.75, 3.05) is 19.6 Å². The standard InChI is InChI=1S/C21H30N4O2/c26-18(23-11-13-2-1-3-22-10-13)17-12-24-20(25-19(17)27)21-7-14-4-15(8-21)6-16(5-14)9-21/h12-16,22H,1-11H2,(H,23,26)(H,24,25,27)/t13-,14?,15?,16?,21?/m1/s1. The summed E-state index contributed by atoms with van der Waals surface area (Å²) < 4.78 is 0. The molecule has 1 aromatic heterocycles. The summed E-state index contributed by atoms with van der Waals surface area (Å²) >= 11 is 0. The second-order valence-corrected chi connectivity index (χ2v) is 9.59. The van der Waals surface area contributed by atoms with Gasteiger partial charge in [0, 0.05) is 18.2 Å². The Hall–Kier alpha value is -1.69. The lowest BCUT2D eigenvalue weighted by atomic mass is 9.49. The first kappa shape index (κ1) is 17.4. The number of H-pyrrole nitrogens is 1. The number of nitrogens with zero attached hydrogens (tertiary/aromatic N) is 1. The second-order valence-electron chi connectivity index (χ2n) is 9.59. The van der Waals surface area contributed by atoms with E-state index < -0.39 is 0 Å². The molecule has 6 rings (SSSR count). The van der Waals surface area contributed by atoms with Crippen LogP contribution in [0.25, 0.3) is 0 Å². The smallest absolute Gasteiger partial charge is 0.263 e. The van der Waals surface area contributed by atoms with Crippen LogP contribution in [0.2, 0.25) is 0 Å². The molecule has 4 bridgehead atoms. The van der Waals surface area contributed by atoms with E-state index in [1.807, 2.05) is 0 Å². The van der Waals surface area contributed by atoms with E-state index in [1.165, 1.54) is 25.5 Å². The minimum absolute atomic E-state index is 0.0523. The Morgan fingerprint density at radius 3 is 2.48 bits per heavy atom. The number of amides is 1. The van der Waals surface area contributed by atoms with Gasteiger partial charge in [0.05, 0.1) is 0 Å². The zero-order valence-electron chi connectivity index (χ0n) is 15.9. The zero-order chi connectivity index (χ0) is 18.4. The lowest BCUT2D eigenvalue weighted by molar-refractivity contribution is -0.00953. The molecule has 0 aromatic carbocycles. The summed E-state index contributed by atoms with van der Waals surface area (Å²) in [5, 5.41) is 6.27. The summed E-state index contributed by atoms with van der Waals surface area (Å²) in [4.78, 5) is 32.8. The molecule has 0 spiro atoms. The second kappa shape index (κ2) is 6.73. The molecule has 1 atom stereocenters. The van der Waals surface area contributed by atoms with Gasteiger partial charge in [0.15, 0.2) is 0 Å². The van der Waals surface area contributed by atoms with Crippen molar-refractivity contribution < 1.29 is 4.79 Å². The average molecular weight is 370 g/mol. The summed E-state index contributed by atoms with van der Waals surface area (Å²) in [7, 11) is 0. The topological polar surface area (TPSA) is 86.9 Å². The van der Waals surface area contributed by atoms with Gasteiger partial charge in [-0.05, 0) is 88.1 Å². The molecular formula is C21H30N4O2. The maximum Gasteiger partial charge on any atom is 0.263 e. The van der Waals surface area contributed by atoms with Gasteiger partial charge in [0.1, 0.15) is 11.4 Å². The molecular weight excluding hydrogens is 340 g/mol. The average Bonchev–Trinajstić information content (AvgIpc) is 2.66. The third-order valence-corrected chi connectivity index (χ3v) is 7.53. The summed E-state index contributed by atoms with van der Waals surface area (Å²) in [6.45, 7) is 2.60. The normalized spacial score (nSPS) is 37.3. The third kappa shape index (κ3) is 3.22. The predicted octanol–water partition coefficient (Wildman–Crippen LogP) is 1.97. The number of carbonyl (C=O) groups excluding carboxylic acids is 1.